The number of aliphatic hydroxyl groups excluding tert-OH is 1. The molecule has 1 rings (SSSR count). The van der Waals surface area contributed by atoms with Gasteiger partial charge in [0.15, 0.2) is 5.78 Å². The van der Waals surface area contributed by atoms with E-state index in [1.54, 1.807) is 0 Å². The Kier molecular flexibility index (Phi) is 2.62. The largest absolute Gasteiger partial charge is 0.389 e. The Labute approximate surface area is 66.6 Å². The lowest BCUT2D eigenvalue weighted by Gasteiger charge is -2.15. The minimum atomic E-state index is -0.332. The normalized spacial score (nSPS) is 37.5. The van der Waals surface area contributed by atoms with Crippen molar-refractivity contribution in [2.45, 2.75) is 25.8 Å². The maximum atomic E-state index is 11.1. The van der Waals surface area contributed by atoms with Gasteiger partial charge in [-0.1, -0.05) is 6.92 Å². The zero-order valence-electron chi connectivity index (χ0n) is 6.79. The molecular weight excluding hydrogens is 142 g/mol. The number of rotatable bonds is 2. The van der Waals surface area contributed by atoms with Gasteiger partial charge < -0.3 is 10.8 Å². The predicted molar refractivity (Wildman–Crippen MR) is 42.0 cm³/mol. The number of Topliss-reactive ketones (excluding diaryl/α,β-unsaturated/α-hetero) is 1. The van der Waals surface area contributed by atoms with Crippen molar-refractivity contribution < 1.29 is 9.90 Å². The fraction of sp³-hybridized carbons (Fsp3) is 0.875. The van der Waals surface area contributed by atoms with Gasteiger partial charge in [-0.25, -0.2) is 0 Å². The third kappa shape index (κ3) is 1.60. The molecule has 0 aromatic heterocycles. The SMILES string of the molecule is CC1C(N)CCC1C(=O)CO. The zero-order valence-corrected chi connectivity index (χ0v) is 6.79. The number of aliphatic hydroxyl groups is 1. The van der Waals surface area contributed by atoms with E-state index < -0.39 is 0 Å². The number of hydrogen-bond acceptors (Lipinski definition) is 3. The highest BCUT2D eigenvalue weighted by Crippen LogP contribution is 2.30. The van der Waals surface area contributed by atoms with Crippen LogP contribution >= 0.6 is 0 Å². The Bertz CT molecular complexity index is 158. The summed E-state index contributed by atoms with van der Waals surface area (Å²) in [4.78, 5) is 11.1. The molecule has 0 radical (unpaired) electrons. The molecule has 0 spiro atoms. The monoisotopic (exact) mass is 157 g/mol. The first-order chi connectivity index (χ1) is 5.16. The smallest absolute Gasteiger partial charge is 0.161 e. The van der Waals surface area contributed by atoms with E-state index in [4.69, 9.17) is 10.8 Å². The number of carbonyl (C=O) groups excluding carboxylic acids is 1. The van der Waals surface area contributed by atoms with Crippen LogP contribution in [0, 0.1) is 11.8 Å². The predicted octanol–water partition coefficient (Wildman–Crippen LogP) is -0.0788. The first-order valence-corrected chi connectivity index (χ1v) is 4.06. The molecule has 0 aliphatic heterocycles. The second-order valence-electron chi connectivity index (χ2n) is 3.33. The molecule has 3 N–H and O–H groups in total. The standard InChI is InChI=1S/C8H15NO2/c1-5-6(8(11)4-10)2-3-7(5)9/h5-7,10H,2-4,9H2,1H3. The third-order valence-electron chi connectivity index (χ3n) is 2.69. The summed E-state index contributed by atoms with van der Waals surface area (Å²) in [5.74, 6) is 0.204. The summed E-state index contributed by atoms with van der Waals surface area (Å²) < 4.78 is 0. The molecule has 0 aromatic rings. The van der Waals surface area contributed by atoms with Gasteiger partial charge in [0.25, 0.3) is 0 Å². The van der Waals surface area contributed by atoms with E-state index in [-0.39, 0.29) is 30.3 Å². The van der Waals surface area contributed by atoms with Crippen molar-refractivity contribution in [3.8, 4) is 0 Å². The maximum absolute atomic E-state index is 11.1. The van der Waals surface area contributed by atoms with Crippen molar-refractivity contribution in [3.63, 3.8) is 0 Å². The number of carbonyl (C=O) groups is 1. The lowest BCUT2D eigenvalue weighted by molar-refractivity contribution is -0.126. The fourth-order valence-corrected chi connectivity index (χ4v) is 1.77. The molecule has 1 fully saturated rings. The van der Waals surface area contributed by atoms with E-state index in [0.29, 0.717) is 0 Å². The molecular formula is C8H15NO2. The van der Waals surface area contributed by atoms with Crippen molar-refractivity contribution in [2.24, 2.45) is 17.6 Å². The Balaban J connectivity index is 2.54. The summed E-state index contributed by atoms with van der Waals surface area (Å²) in [5, 5.41) is 8.61. The first kappa shape index (κ1) is 8.68. The van der Waals surface area contributed by atoms with Crippen molar-refractivity contribution in [3.05, 3.63) is 0 Å². The van der Waals surface area contributed by atoms with E-state index in [2.05, 4.69) is 0 Å². The molecule has 0 bridgehead atoms. The summed E-state index contributed by atoms with van der Waals surface area (Å²) in [7, 11) is 0. The average molecular weight is 157 g/mol. The van der Waals surface area contributed by atoms with Gasteiger partial charge in [-0.05, 0) is 18.8 Å². The van der Waals surface area contributed by atoms with E-state index in [1.807, 2.05) is 6.92 Å². The molecule has 3 atom stereocenters. The van der Waals surface area contributed by atoms with Crippen molar-refractivity contribution in [2.75, 3.05) is 6.61 Å². The summed E-state index contributed by atoms with van der Waals surface area (Å²) in [6.45, 7) is 1.65. The van der Waals surface area contributed by atoms with Crippen LogP contribution in [0.3, 0.4) is 0 Å². The molecule has 1 saturated carbocycles. The molecule has 0 aromatic carbocycles. The molecule has 0 heterocycles. The summed E-state index contributed by atoms with van der Waals surface area (Å²) in [6.07, 6.45) is 1.76. The average Bonchev–Trinajstić information content (AvgIpc) is 2.32. The van der Waals surface area contributed by atoms with E-state index in [9.17, 15) is 4.79 Å². The molecule has 3 nitrogen and oxygen atoms in total. The van der Waals surface area contributed by atoms with E-state index in [0.717, 1.165) is 12.8 Å². The van der Waals surface area contributed by atoms with Gasteiger partial charge in [0.05, 0.1) is 0 Å². The fourth-order valence-electron chi connectivity index (χ4n) is 1.77. The van der Waals surface area contributed by atoms with Crippen LogP contribution in [0.2, 0.25) is 0 Å². The van der Waals surface area contributed by atoms with Crippen LogP contribution in [0.4, 0.5) is 0 Å². The maximum Gasteiger partial charge on any atom is 0.161 e. The Morgan fingerprint density at radius 3 is 2.64 bits per heavy atom. The Hall–Kier alpha value is -0.410. The van der Waals surface area contributed by atoms with Crippen LogP contribution in [-0.2, 0) is 4.79 Å². The van der Waals surface area contributed by atoms with Crippen LogP contribution in [0.5, 0.6) is 0 Å². The molecule has 64 valence electrons. The minimum Gasteiger partial charge on any atom is -0.389 e. The van der Waals surface area contributed by atoms with Crippen LogP contribution in [0.1, 0.15) is 19.8 Å². The molecule has 3 heteroatoms. The zero-order chi connectivity index (χ0) is 8.43. The topological polar surface area (TPSA) is 63.3 Å². The number of hydrogen-bond donors (Lipinski definition) is 2. The molecule has 0 saturated heterocycles. The second-order valence-corrected chi connectivity index (χ2v) is 3.33. The van der Waals surface area contributed by atoms with Gasteiger partial charge in [-0.15, -0.1) is 0 Å². The molecule has 0 amide bonds. The van der Waals surface area contributed by atoms with Gasteiger partial charge in [0.2, 0.25) is 0 Å². The van der Waals surface area contributed by atoms with Gasteiger partial charge in [0, 0.05) is 12.0 Å². The quantitative estimate of drug-likeness (QED) is 0.589. The molecule has 1 aliphatic rings. The number of nitrogens with two attached hydrogens (primary N) is 1. The Morgan fingerprint density at radius 2 is 2.27 bits per heavy atom. The molecule has 1 aliphatic carbocycles. The van der Waals surface area contributed by atoms with Gasteiger partial charge in [-0.2, -0.15) is 0 Å². The van der Waals surface area contributed by atoms with E-state index in [1.165, 1.54) is 0 Å². The minimum absolute atomic E-state index is 0.00926. The second kappa shape index (κ2) is 3.32. The molecule has 3 unspecified atom stereocenters. The third-order valence-corrected chi connectivity index (χ3v) is 2.69. The summed E-state index contributed by atoms with van der Waals surface area (Å²) in [6, 6.07) is 0.149. The Morgan fingerprint density at radius 1 is 1.64 bits per heavy atom. The van der Waals surface area contributed by atoms with Gasteiger partial charge >= 0.3 is 0 Å². The highest BCUT2D eigenvalue weighted by atomic mass is 16.3. The lowest BCUT2D eigenvalue weighted by Crippen LogP contribution is -2.29. The molecule has 11 heavy (non-hydrogen) atoms. The lowest BCUT2D eigenvalue weighted by atomic mass is 9.92. The number of ketones is 1. The van der Waals surface area contributed by atoms with Crippen LogP contribution in [-0.4, -0.2) is 23.5 Å². The van der Waals surface area contributed by atoms with E-state index >= 15 is 0 Å². The summed E-state index contributed by atoms with van der Waals surface area (Å²) >= 11 is 0. The highest BCUT2D eigenvalue weighted by molar-refractivity contribution is 5.82. The van der Waals surface area contributed by atoms with Crippen molar-refractivity contribution in [1.82, 2.24) is 0 Å². The van der Waals surface area contributed by atoms with Crippen LogP contribution in [0.15, 0.2) is 0 Å². The first-order valence-electron chi connectivity index (χ1n) is 4.06. The van der Waals surface area contributed by atoms with Gasteiger partial charge in [0.1, 0.15) is 6.61 Å². The van der Waals surface area contributed by atoms with Crippen molar-refractivity contribution in [1.29, 1.82) is 0 Å². The highest BCUT2D eigenvalue weighted by Gasteiger charge is 2.34. The summed E-state index contributed by atoms with van der Waals surface area (Å²) in [5.41, 5.74) is 5.73. The van der Waals surface area contributed by atoms with Gasteiger partial charge in [-0.3, -0.25) is 4.79 Å². The van der Waals surface area contributed by atoms with Crippen molar-refractivity contribution >= 4 is 5.78 Å². The van der Waals surface area contributed by atoms with Crippen LogP contribution in [0.25, 0.3) is 0 Å². The van der Waals surface area contributed by atoms with Crippen LogP contribution < -0.4 is 5.73 Å².